The van der Waals surface area contributed by atoms with E-state index in [0.717, 1.165) is 20.8 Å². The van der Waals surface area contributed by atoms with E-state index in [9.17, 15) is 173 Å². The summed E-state index contributed by atoms with van der Waals surface area (Å²) in [6.45, 7) is -7.15. The second-order valence-corrected chi connectivity index (χ2v) is 33.1. The van der Waals surface area contributed by atoms with Crippen molar-refractivity contribution in [3.8, 4) is 0 Å². The summed E-state index contributed by atoms with van der Waals surface area (Å²) in [5, 5.41) is 353. The van der Waals surface area contributed by atoms with Gasteiger partial charge in [-0.2, -0.15) is 0 Å². The minimum Gasteiger partial charge on any atom is -0.394 e. The van der Waals surface area contributed by atoms with Crippen molar-refractivity contribution < 1.29 is 272 Å². The van der Waals surface area contributed by atoms with E-state index in [1.54, 1.807) is 0 Å². The van der Waals surface area contributed by atoms with Gasteiger partial charge in [0, 0.05) is 20.8 Å². The Morgan fingerprint density at radius 2 is 0.469 bits per heavy atom. The molecular formula is C72H121N3O55. The van der Waals surface area contributed by atoms with E-state index in [1.807, 2.05) is 0 Å². The number of amides is 3. The van der Waals surface area contributed by atoms with E-state index < -0.39 is 421 Å². The largest absolute Gasteiger partial charge is 0.394 e. The second kappa shape index (κ2) is 46.4. The molecule has 1 unspecified atom stereocenters. The maximum atomic E-state index is 13.3. The Kier molecular flexibility index (Phi) is 38.1. The fraction of sp³-hybridized carbons (Fsp3) is 0.958. The van der Waals surface area contributed by atoms with E-state index in [1.165, 1.54) is 6.92 Å². The van der Waals surface area contributed by atoms with Crippen molar-refractivity contribution in [2.45, 2.75) is 365 Å². The van der Waals surface area contributed by atoms with Crippen molar-refractivity contribution in [2.75, 3.05) is 66.1 Å². The molecule has 0 aromatic heterocycles. The number of hydrogen-bond acceptors (Lipinski definition) is 55. The highest BCUT2D eigenvalue weighted by molar-refractivity contribution is 5.74. The molecule has 0 aromatic rings. The highest BCUT2D eigenvalue weighted by Crippen LogP contribution is 2.41. The summed E-state index contributed by atoms with van der Waals surface area (Å²) >= 11 is 0. The van der Waals surface area contributed by atoms with Crippen LogP contribution in [-0.4, -0.2) is 580 Å². The Balaban J connectivity index is 0.934. The van der Waals surface area contributed by atoms with Crippen LogP contribution in [0, 0.1) is 0 Å². The van der Waals surface area contributed by atoms with Crippen LogP contribution in [0.5, 0.6) is 0 Å². The van der Waals surface area contributed by atoms with Crippen molar-refractivity contribution in [1.29, 1.82) is 0 Å². The molecule has 0 aromatic carbocycles. The molecule has 0 bridgehead atoms. The first kappa shape index (κ1) is 107. The van der Waals surface area contributed by atoms with Crippen LogP contribution in [0.25, 0.3) is 0 Å². The van der Waals surface area contributed by atoms with Crippen molar-refractivity contribution >= 4 is 17.7 Å². The molecule has 11 heterocycles. The first-order valence-electron chi connectivity index (χ1n) is 41.5. The first-order valence-corrected chi connectivity index (χ1v) is 41.5. The average Bonchev–Trinajstić information content (AvgIpc) is 0.759. The summed E-state index contributed by atoms with van der Waals surface area (Å²) in [6, 6.07) is -5.86. The molecular weight excluding hydrogens is 1790 g/mol. The maximum Gasteiger partial charge on any atom is 0.217 e. The minimum atomic E-state index is -2.68. The molecule has 11 rings (SSSR count). The third-order valence-electron chi connectivity index (χ3n) is 24.1. The molecule has 11 aliphatic rings. The Morgan fingerprint density at radius 1 is 0.215 bits per heavy atom. The van der Waals surface area contributed by atoms with Crippen LogP contribution in [0.3, 0.4) is 0 Å². The Hall–Kier alpha value is -3.67. The molecule has 58 nitrogen and oxygen atoms in total. The normalized spacial score (nSPS) is 51.0. The molecule has 3 amide bonds. The van der Waals surface area contributed by atoms with E-state index in [-0.39, 0.29) is 0 Å². The Labute approximate surface area is 735 Å². The zero-order chi connectivity index (χ0) is 95.5. The van der Waals surface area contributed by atoms with Crippen LogP contribution in [0.4, 0.5) is 0 Å². The lowest BCUT2D eigenvalue weighted by molar-refractivity contribution is -0.399. The lowest BCUT2D eigenvalue weighted by Gasteiger charge is -2.51. The molecule has 11 fully saturated rings. The third-order valence-corrected chi connectivity index (χ3v) is 24.1. The summed E-state index contributed by atoms with van der Waals surface area (Å²) < 4.78 is 124. The molecule has 754 valence electrons. The highest BCUT2D eigenvalue weighted by atomic mass is 16.8. The lowest BCUT2D eigenvalue weighted by Crippen LogP contribution is -2.71. The van der Waals surface area contributed by atoms with Crippen LogP contribution in [-0.2, 0) is 114 Å². The van der Waals surface area contributed by atoms with Gasteiger partial charge in [-0.05, 0) is 6.92 Å². The van der Waals surface area contributed by atoms with Gasteiger partial charge in [0.2, 0.25) is 17.7 Å². The Morgan fingerprint density at radius 3 is 0.877 bits per heavy atom. The third kappa shape index (κ3) is 23.2. The van der Waals surface area contributed by atoms with E-state index in [2.05, 4.69) is 16.0 Å². The smallest absolute Gasteiger partial charge is 0.217 e. The number of aliphatic hydroxyl groups is 31. The van der Waals surface area contributed by atoms with Crippen molar-refractivity contribution in [2.24, 2.45) is 0 Å². The van der Waals surface area contributed by atoms with E-state index in [4.69, 9.17) is 99.5 Å². The highest BCUT2D eigenvalue weighted by Gasteiger charge is 2.62. The fourth-order valence-corrected chi connectivity index (χ4v) is 16.7. The molecule has 11 saturated heterocycles. The standard InChI is InChI=1S/C72H121N3O55/c1-15-32(86)43(97)49(103)65(113-15)111-14-28-57(40(94)29(62(109)114-28)73-16(2)83)124-63-30(74-17(3)84)41(95)56(25(11-82)120-63)126-70-54(108)59(128-72-61(48(102)37(91)23(9-80)119-72)129-64-31(75-18(4)85)42(96)55(24(10-81)121-64)125-67-50(104)44(98)33(87)19(5-76)115-67)39(93)27(123-70)12-110-66-53(107)58(127-68-51(105)45(99)34(88)20(6-77)116-68)38(92)26(122-66)13-112-71-60(47(101)36(90)22(8-79)118-71)130-69-52(106)46(100)35(89)21(7-78)117-69/h15,19-72,76-82,86-109H,5-14H2,1-4H3,(H,73,83)(H,74,84)(H,75,85)/t15-,19+,20+,21+,22+,23+,24+,25+,26+,27+,28+,29+,30+,31+,32+,33-,34+,35+,36+,37+,38+,39+,40+,41+,42+,43+,44-,45-,46-,47-,48-,49-,50+,51-,52-,53-,54-,55+,56+,57+,58-,59-,60-,61-,62?,63-,64-,65+,66-,67-,68+,69+,70-,71-,72+/m0/s1. The van der Waals surface area contributed by atoms with Crippen LogP contribution < -0.4 is 16.0 Å². The summed E-state index contributed by atoms with van der Waals surface area (Å²) in [4.78, 5) is 38.9. The van der Waals surface area contributed by atoms with Gasteiger partial charge in [0.05, 0.1) is 72.2 Å². The van der Waals surface area contributed by atoms with Crippen molar-refractivity contribution in [1.82, 2.24) is 16.0 Å². The van der Waals surface area contributed by atoms with Crippen LogP contribution >= 0.6 is 0 Å². The topological polar surface area (TPSA) is 908 Å². The lowest BCUT2D eigenvalue weighted by atomic mass is 9.93. The molecule has 11 aliphatic heterocycles. The SMILES string of the molecule is CC(=O)N[C@H]1[C@H](O[C@H]2[C@H](O)[C@@H](NC(C)=O)C(O)O[C@@H]2CO[C@@H]2O[C@@H](C)[C@@H](O)[C@@H](O)[C@@H]2O)O[C@H](CO)[C@@H](O[C@@H]2O[C@H](CO[C@H]3O[C@H](CO[C@H]4O[C@H](CO)[C@@H](O)[C@H](O)[C@@H]4O[C@H]4O[C@H](CO)[C@@H](O)[C@H](O)[C@@H]4O)[C@@H](O)[C@H](O[C@H]4O[C@H](CO)[C@@H](O)[C@H](O)[C@@H]4O)[C@@H]3O)[C@@H](O)[C@H](O[C@H]3O[C@H](CO)[C@@H](O)[C@H](O)[C@@H]3O[C@@H]3O[C@H](CO)[C@@H](O[C@@H]4O[C@H](CO)[C@H](O)[C@H](O)[C@H]4O)[C@H](O)[C@H]3NC(C)=O)[C@@H]2O)[C@@H]1O. The van der Waals surface area contributed by atoms with Gasteiger partial charge >= 0.3 is 0 Å². The van der Waals surface area contributed by atoms with Crippen molar-refractivity contribution in [3.05, 3.63) is 0 Å². The molecule has 58 heteroatoms. The number of aliphatic hydroxyl groups excluding tert-OH is 31. The average molecular weight is 1910 g/mol. The predicted molar refractivity (Wildman–Crippen MR) is 396 cm³/mol. The van der Waals surface area contributed by atoms with Gasteiger partial charge in [0.1, 0.15) is 262 Å². The van der Waals surface area contributed by atoms with Crippen LogP contribution in [0.15, 0.2) is 0 Å². The summed E-state index contributed by atoms with van der Waals surface area (Å²) in [5.74, 6) is -2.88. The fourth-order valence-electron chi connectivity index (χ4n) is 16.7. The number of hydrogen-bond donors (Lipinski definition) is 34. The maximum absolute atomic E-state index is 13.3. The number of carbonyl (C=O) groups is 3. The van der Waals surface area contributed by atoms with Gasteiger partial charge in [-0.25, -0.2) is 0 Å². The van der Waals surface area contributed by atoms with Gasteiger partial charge in [-0.3, -0.25) is 14.4 Å². The Bertz CT molecular complexity index is 3500. The first-order chi connectivity index (χ1) is 61.5. The molecule has 0 aliphatic carbocycles. The van der Waals surface area contributed by atoms with Gasteiger partial charge in [-0.15, -0.1) is 0 Å². The summed E-state index contributed by atoms with van der Waals surface area (Å²) in [7, 11) is 0. The molecule has 0 radical (unpaired) electrons. The van der Waals surface area contributed by atoms with Crippen LogP contribution in [0.1, 0.15) is 27.7 Å². The number of ether oxygens (including phenoxy) is 21. The van der Waals surface area contributed by atoms with Gasteiger partial charge in [0.15, 0.2) is 69.2 Å². The zero-order valence-corrected chi connectivity index (χ0v) is 69.5. The van der Waals surface area contributed by atoms with Gasteiger partial charge < -0.3 is 274 Å². The van der Waals surface area contributed by atoms with E-state index in [0.29, 0.717) is 0 Å². The second-order valence-electron chi connectivity index (χ2n) is 33.1. The monoisotopic (exact) mass is 1910 g/mol. The number of carbonyl (C=O) groups excluding carboxylic acids is 3. The molecule has 0 saturated carbocycles. The van der Waals surface area contributed by atoms with Gasteiger partial charge in [-0.1, -0.05) is 0 Å². The van der Waals surface area contributed by atoms with Crippen LogP contribution in [0.2, 0.25) is 0 Å². The van der Waals surface area contributed by atoms with E-state index >= 15 is 0 Å². The number of rotatable bonds is 33. The predicted octanol–water partition coefficient (Wildman–Crippen LogP) is -23.5. The van der Waals surface area contributed by atoms with Gasteiger partial charge in [0.25, 0.3) is 0 Å². The minimum absolute atomic E-state index is 0.863. The molecule has 130 heavy (non-hydrogen) atoms. The summed E-state index contributed by atoms with van der Waals surface area (Å²) in [6.07, 6.45) is -110. The summed E-state index contributed by atoms with van der Waals surface area (Å²) in [5.41, 5.74) is 0. The molecule has 34 N–H and O–H groups in total. The zero-order valence-electron chi connectivity index (χ0n) is 69.5. The molecule has 0 spiro atoms. The number of nitrogens with one attached hydrogen (secondary N) is 3. The quantitative estimate of drug-likeness (QED) is 0.0290. The molecule has 55 atom stereocenters. The van der Waals surface area contributed by atoms with Crippen molar-refractivity contribution in [3.63, 3.8) is 0 Å².